The Kier molecular flexibility index (Phi) is 3.48. The van der Waals surface area contributed by atoms with Gasteiger partial charge in [-0.25, -0.2) is 4.79 Å². The number of aliphatic hydroxyl groups excluding tert-OH is 2. The number of rotatable bonds is 4. The molecule has 2 atom stereocenters. The number of nitrogens with zero attached hydrogens (tertiary/aromatic N) is 2. The number of pyridine rings is 1. The maximum absolute atomic E-state index is 10.5. The van der Waals surface area contributed by atoms with E-state index in [0.29, 0.717) is 0 Å². The van der Waals surface area contributed by atoms with Gasteiger partial charge in [-0.2, -0.15) is 0 Å². The quantitative estimate of drug-likeness (QED) is 0.465. The monoisotopic (exact) mass is 228 g/mol. The molecule has 0 radical (unpaired) electrons. The minimum atomic E-state index is -2.16. The molecule has 0 aromatic carbocycles. The molecule has 0 aliphatic rings. The number of carboxylic acids is 1. The fourth-order valence-corrected chi connectivity index (χ4v) is 1.08. The summed E-state index contributed by atoms with van der Waals surface area (Å²) >= 11 is 0. The minimum absolute atomic E-state index is 0.484. The number of nitro groups is 1. The summed E-state index contributed by atoms with van der Waals surface area (Å²) in [5, 5.41) is 37.4. The molecule has 8 heteroatoms. The predicted octanol–water partition coefficient (Wildman–Crippen LogP) is -0.531. The highest BCUT2D eigenvalue weighted by atomic mass is 16.6. The Morgan fingerprint density at radius 3 is 2.62 bits per heavy atom. The van der Waals surface area contributed by atoms with Crippen molar-refractivity contribution in [3.63, 3.8) is 0 Å². The van der Waals surface area contributed by atoms with Gasteiger partial charge in [-0.05, 0) is 6.07 Å². The van der Waals surface area contributed by atoms with Crippen LogP contribution < -0.4 is 0 Å². The normalized spacial score (nSPS) is 14.1. The molecular weight excluding hydrogens is 220 g/mol. The minimum Gasteiger partial charge on any atom is -0.479 e. The van der Waals surface area contributed by atoms with Crippen molar-refractivity contribution in [2.24, 2.45) is 0 Å². The average Bonchev–Trinajstić information content (AvgIpc) is 2.26. The first-order valence-electron chi connectivity index (χ1n) is 4.13. The molecule has 16 heavy (non-hydrogen) atoms. The van der Waals surface area contributed by atoms with Crippen LogP contribution in [0.3, 0.4) is 0 Å². The van der Waals surface area contributed by atoms with Gasteiger partial charge in [0.15, 0.2) is 6.10 Å². The van der Waals surface area contributed by atoms with Crippen LogP contribution in [0.25, 0.3) is 0 Å². The molecule has 1 rings (SSSR count). The van der Waals surface area contributed by atoms with Crippen molar-refractivity contribution in [2.45, 2.75) is 12.2 Å². The third-order valence-electron chi connectivity index (χ3n) is 1.85. The first kappa shape index (κ1) is 12.0. The second-order valence-electron chi connectivity index (χ2n) is 2.89. The second kappa shape index (κ2) is 4.64. The number of aliphatic carboxylic acids is 1. The Balaban J connectivity index is 3.12. The van der Waals surface area contributed by atoms with E-state index in [9.17, 15) is 20.0 Å². The summed E-state index contributed by atoms with van der Waals surface area (Å²) in [5.41, 5.74) is -1.03. The SMILES string of the molecule is O=C(O)C(O)C(O)c1ncccc1[N+](=O)[O-]. The highest BCUT2D eigenvalue weighted by molar-refractivity contribution is 5.73. The summed E-state index contributed by atoms with van der Waals surface area (Å²) in [4.78, 5) is 23.6. The van der Waals surface area contributed by atoms with Crippen molar-refractivity contribution < 1.29 is 25.0 Å². The molecule has 1 heterocycles. The van der Waals surface area contributed by atoms with E-state index in [1.54, 1.807) is 0 Å². The van der Waals surface area contributed by atoms with Gasteiger partial charge in [0.25, 0.3) is 5.69 Å². The second-order valence-corrected chi connectivity index (χ2v) is 2.89. The zero-order valence-corrected chi connectivity index (χ0v) is 7.85. The summed E-state index contributed by atoms with van der Waals surface area (Å²) in [6.45, 7) is 0. The molecule has 0 bridgehead atoms. The first-order valence-corrected chi connectivity index (χ1v) is 4.13. The van der Waals surface area contributed by atoms with Crippen LogP contribution >= 0.6 is 0 Å². The summed E-state index contributed by atoms with van der Waals surface area (Å²) in [5.74, 6) is -1.69. The van der Waals surface area contributed by atoms with E-state index in [1.807, 2.05) is 0 Å². The van der Waals surface area contributed by atoms with Gasteiger partial charge in [0.1, 0.15) is 11.8 Å². The van der Waals surface area contributed by atoms with Gasteiger partial charge in [0.2, 0.25) is 0 Å². The lowest BCUT2D eigenvalue weighted by molar-refractivity contribution is -0.386. The van der Waals surface area contributed by atoms with Crippen molar-refractivity contribution >= 4 is 11.7 Å². The van der Waals surface area contributed by atoms with Crippen molar-refractivity contribution in [3.8, 4) is 0 Å². The molecule has 3 N–H and O–H groups in total. The zero-order chi connectivity index (χ0) is 12.3. The Morgan fingerprint density at radius 2 is 2.12 bits per heavy atom. The molecule has 0 spiro atoms. The third kappa shape index (κ3) is 2.30. The summed E-state index contributed by atoms with van der Waals surface area (Å²) in [7, 11) is 0. The predicted molar refractivity (Wildman–Crippen MR) is 49.5 cm³/mol. The Morgan fingerprint density at radius 1 is 1.50 bits per heavy atom. The smallest absolute Gasteiger partial charge is 0.335 e. The lowest BCUT2D eigenvalue weighted by Crippen LogP contribution is -2.28. The van der Waals surface area contributed by atoms with Crippen LogP contribution in [0.2, 0.25) is 0 Å². The fraction of sp³-hybridized carbons (Fsp3) is 0.250. The molecule has 0 aliphatic heterocycles. The van der Waals surface area contributed by atoms with Crippen molar-refractivity contribution in [1.82, 2.24) is 4.98 Å². The summed E-state index contributed by atoms with van der Waals surface area (Å²) in [6.07, 6.45) is -2.95. The van der Waals surface area contributed by atoms with Crippen molar-refractivity contribution in [1.29, 1.82) is 0 Å². The van der Waals surface area contributed by atoms with E-state index in [4.69, 9.17) is 10.2 Å². The van der Waals surface area contributed by atoms with E-state index >= 15 is 0 Å². The van der Waals surface area contributed by atoms with Crippen LogP contribution in [0.4, 0.5) is 5.69 Å². The fourth-order valence-electron chi connectivity index (χ4n) is 1.08. The largest absolute Gasteiger partial charge is 0.479 e. The van der Waals surface area contributed by atoms with Crippen LogP contribution in [-0.2, 0) is 4.79 Å². The molecular formula is C8H8N2O6. The maximum atomic E-state index is 10.5. The lowest BCUT2D eigenvalue weighted by Gasteiger charge is -2.12. The van der Waals surface area contributed by atoms with Crippen LogP contribution in [-0.4, -0.2) is 37.3 Å². The van der Waals surface area contributed by atoms with Gasteiger partial charge in [0.05, 0.1) is 4.92 Å². The molecule has 0 aliphatic carbocycles. The summed E-state index contributed by atoms with van der Waals surface area (Å²) in [6, 6.07) is 2.32. The molecule has 1 aromatic rings. The van der Waals surface area contributed by atoms with Gasteiger partial charge in [-0.3, -0.25) is 15.1 Å². The number of aromatic nitrogens is 1. The molecule has 1 aromatic heterocycles. The number of carbonyl (C=O) groups is 1. The van der Waals surface area contributed by atoms with E-state index in [1.165, 1.54) is 6.07 Å². The third-order valence-corrected chi connectivity index (χ3v) is 1.85. The number of hydrogen-bond acceptors (Lipinski definition) is 6. The van der Waals surface area contributed by atoms with E-state index in [0.717, 1.165) is 12.3 Å². The molecule has 8 nitrogen and oxygen atoms in total. The molecule has 0 saturated carbocycles. The number of aliphatic hydroxyl groups is 2. The zero-order valence-electron chi connectivity index (χ0n) is 7.85. The Hall–Kier alpha value is -2.06. The topological polar surface area (TPSA) is 134 Å². The first-order chi connectivity index (χ1) is 7.45. The molecule has 2 unspecified atom stereocenters. The number of carboxylic acid groups (broad SMARTS) is 1. The van der Waals surface area contributed by atoms with Crippen LogP contribution in [0.15, 0.2) is 18.3 Å². The highest BCUT2D eigenvalue weighted by Gasteiger charge is 2.31. The van der Waals surface area contributed by atoms with Gasteiger partial charge < -0.3 is 15.3 Å². The van der Waals surface area contributed by atoms with Crippen LogP contribution in [0.5, 0.6) is 0 Å². The number of hydrogen-bond donors (Lipinski definition) is 3. The van der Waals surface area contributed by atoms with Gasteiger partial charge in [-0.1, -0.05) is 0 Å². The highest BCUT2D eigenvalue weighted by Crippen LogP contribution is 2.24. The van der Waals surface area contributed by atoms with Crippen molar-refractivity contribution in [2.75, 3.05) is 0 Å². The van der Waals surface area contributed by atoms with Gasteiger partial charge in [0, 0.05) is 12.3 Å². The van der Waals surface area contributed by atoms with Crippen LogP contribution in [0, 0.1) is 10.1 Å². The maximum Gasteiger partial charge on any atom is 0.335 e. The molecule has 86 valence electrons. The Bertz CT molecular complexity index is 421. The molecule has 0 amide bonds. The van der Waals surface area contributed by atoms with Gasteiger partial charge >= 0.3 is 5.97 Å². The molecule has 0 saturated heterocycles. The standard InChI is InChI=1S/C8H8N2O6/c11-6(7(12)8(13)14)5-4(10(15)16)2-1-3-9-5/h1-3,6-7,11-12H,(H,13,14). The van der Waals surface area contributed by atoms with E-state index < -0.39 is 34.5 Å². The lowest BCUT2D eigenvalue weighted by atomic mass is 10.1. The Labute approximate surface area is 88.9 Å². The van der Waals surface area contributed by atoms with E-state index in [2.05, 4.69) is 4.98 Å². The van der Waals surface area contributed by atoms with E-state index in [-0.39, 0.29) is 0 Å². The van der Waals surface area contributed by atoms with Gasteiger partial charge in [-0.15, -0.1) is 0 Å². The molecule has 0 fully saturated rings. The summed E-state index contributed by atoms with van der Waals surface area (Å²) < 4.78 is 0. The van der Waals surface area contributed by atoms with Crippen molar-refractivity contribution in [3.05, 3.63) is 34.1 Å². The average molecular weight is 228 g/mol. The van der Waals surface area contributed by atoms with Crippen LogP contribution in [0.1, 0.15) is 11.8 Å².